The van der Waals surface area contributed by atoms with E-state index in [4.69, 9.17) is 0 Å². The van der Waals surface area contributed by atoms with Crippen LogP contribution in [0, 0.1) is 94.7 Å². The zero-order chi connectivity index (χ0) is 32.3. The Kier molecular flexibility index (Phi) is 29.2. The summed E-state index contributed by atoms with van der Waals surface area (Å²) in [5.74, 6) is 32.1. The van der Waals surface area contributed by atoms with E-state index < -0.39 is 67.2 Å². The molecule has 14 heteroatoms. The van der Waals surface area contributed by atoms with Crippen LogP contribution >= 0.6 is 0 Å². The second-order valence-electron chi connectivity index (χ2n) is 7.48. The Hall–Kier alpha value is -4.70. The number of carboxylic acids is 2. The summed E-state index contributed by atoms with van der Waals surface area (Å²) in [6.45, 7) is 2.29. The van der Waals surface area contributed by atoms with Gasteiger partial charge in [-0.3, -0.25) is 19.2 Å². The van der Waals surface area contributed by atoms with Gasteiger partial charge in [-0.05, 0) is 115 Å². The zero-order valence-corrected chi connectivity index (χ0v) is 29.0. The Morgan fingerprint density at radius 3 is 1.29 bits per heavy atom. The van der Waals surface area contributed by atoms with E-state index in [0.717, 1.165) is 6.92 Å². The normalized spacial score (nSPS) is 8.76. The second kappa shape index (κ2) is 29.4. The van der Waals surface area contributed by atoms with Gasteiger partial charge in [-0.2, -0.15) is 0 Å². The molecule has 0 aromatic heterocycles. The Bertz CT molecular complexity index is 1630. The van der Waals surface area contributed by atoms with Crippen LogP contribution in [0.15, 0.2) is 0 Å². The van der Waals surface area contributed by atoms with Gasteiger partial charge >= 0.3 is 59.1 Å². The number of rotatable bonds is 12. The van der Waals surface area contributed by atoms with Crippen molar-refractivity contribution in [3.05, 3.63) is 0 Å². The molecule has 0 bridgehead atoms. The summed E-state index contributed by atoms with van der Waals surface area (Å²) in [5.41, 5.74) is 0. The van der Waals surface area contributed by atoms with Gasteiger partial charge in [0.15, 0.2) is 0 Å². The van der Waals surface area contributed by atoms with Gasteiger partial charge in [0, 0.05) is 24.8 Å². The number of carboxylic acid groups (broad SMARTS) is 2. The number of carbonyl (C=O) groups excluding carboxylic acids is 6. The van der Waals surface area contributed by atoms with Crippen LogP contribution in [-0.4, -0.2) is 54.3 Å². The van der Waals surface area contributed by atoms with Crippen LogP contribution in [0.4, 0.5) is 0 Å². The summed E-state index contributed by atoms with van der Waals surface area (Å²) in [7, 11) is 0. The minimum Gasteiger partial charge on any atom is -0.550 e. The van der Waals surface area contributed by atoms with E-state index >= 15 is 0 Å². The van der Waals surface area contributed by atoms with Gasteiger partial charge in [0.1, 0.15) is 12.1 Å². The van der Waals surface area contributed by atoms with Gasteiger partial charge in [-0.1, -0.05) is 5.92 Å². The van der Waals surface area contributed by atoms with Crippen molar-refractivity contribution in [2.24, 2.45) is 0 Å². The van der Waals surface area contributed by atoms with Crippen LogP contribution in [0.25, 0.3) is 0 Å². The van der Waals surface area contributed by atoms with Gasteiger partial charge < -0.3 is 41.1 Å². The molecule has 0 saturated carbocycles. The molecule has 0 radical (unpaired) electrons. The maximum Gasteiger partial charge on any atom is 1.00 e. The van der Waals surface area contributed by atoms with Crippen molar-refractivity contribution in [2.45, 2.75) is 51.6 Å². The fourth-order valence-electron chi connectivity index (χ4n) is 2.49. The summed E-state index contributed by atoms with van der Waals surface area (Å²) in [4.78, 5) is 69.5. The molecule has 4 amide bonds. The predicted octanol–water partition coefficient (Wildman–Crippen LogP) is -10.7. The first kappa shape index (κ1) is 44.7. The van der Waals surface area contributed by atoms with Gasteiger partial charge in [0.25, 0.3) is 5.91 Å². The van der Waals surface area contributed by atoms with Crippen LogP contribution in [0.3, 0.4) is 0 Å². The van der Waals surface area contributed by atoms with Gasteiger partial charge in [-0.25, -0.2) is 0 Å². The molecule has 4 N–H and O–H groups in total. The molecule has 0 spiro atoms. The Labute approximate surface area is 305 Å². The first-order chi connectivity index (χ1) is 20.6. The Morgan fingerprint density at radius 1 is 0.578 bits per heavy atom. The first-order valence-electron chi connectivity index (χ1n) is 12.0. The van der Waals surface area contributed by atoms with E-state index in [2.05, 4.69) is 116 Å². The third kappa shape index (κ3) is 27.9. The zero-order valence-electron chi connectivity index (χ0n) is 25.0. The number of carbonyl (C=O) groups is 6. The van der Waals surface area contributed by atoms with Crippen LogP contribution in [0.1, 0.15) is 39.5 Å². The van der Waals surface area contributed by atoms with E-state index in [1.807, 2.05) is 0 Å². The van der Waals surface area contributed by atoms with Crippen LogP contribution in [-0.2, 0) is 28.8 Å². The van der Waals surface area contributed by atoms with E-state index in [1.165, 1.54) is 0 Å². The number of hydrogen-bond acceptors (Lipinski definition) is 8. The number of amides is 4. The van der Waals surface area contributed by atoms with E-state index in [-0.39, 0.29) is 72.0 Å². The van der Waals surface area contributed by atoms with E-state index in [9.17, 15) is 39.0 Å². The van der Waals surface area contributed by atoms with Gasteiger partial charge in [0.2, 0.25) is 17.7 Å². The summed E-state index contributed by atoms with van der Waals surface area (Å²) >= 11 is 0. The summed E-state index contributed by atoms with van der Waals surface area (Å²) in [6, 6.07) is -2.58. The minimum absolute atomic E-state index is 0. The molecule has 0 rings (SSSR count). The largest absolute Gasteiger partial charge is 1.00 e. The van der Waals surface area contributed by atoms with Crippen molar-refractivity contribution < 1.29 is 98.1 Å². The molecular formula is C31H22N4Na2O8. The maximum atomic E-state index is 12.5. The molecule has 0 heterocycles. The molecule has 2 unspecified atom stereocenters. The molecule has 0 saturated heterocycles. The minimum atomic E-state index is -1.48. The van der Waals surface area contributed by atoms with Gasteiger partial charge in [0.05, 0.1) is 6.67 Å². The van der Waals surface area contributed by atoms with Crippen LogP contribution in [0.2, 0.25) is 0 Å². The average molecular weight is 625 g/mol. The van der Waals surface area contributed by atoms with E-state index in [0.29, 0.717) is 0 Å². The molecular weight excluding hydrogens is 602 g/mol. The van der Waals surface area contributed by atoms with Crippen molar-refractivity contribution in [3.8, 4) is 94.7 Å². The predicted molar refractivity (Wildman–Crippen MR) is 147 cm³/mol. The molecule has 0 aliphatic heterocycles. The molecule has 0 aromatic rings. The summed E-state index contributed by atoms with van der Waals surface area (Å²) in [6.07, 6.45) is -1.71. The van der Waals surface area contributed by atoms with Crippen molar-refractivity contribution >= 4 is 35.6 Å². The van der Waals surface area contributed by atoms with Crippen molar-refractivity contribution in [3.63, 3.8) is 0 Å². The molecule has 12 nitrogen and oxygen atoms in total. The smallest absolute Gasteiger partial charge is 0.550 e. The first-order valence-corrected chi connectivity index (χ1v) is 12.0. The standard InChI is InChI=1S/C31H24N4O8.2Na/c1-3-4-5-6-7-8-9-10-11-12-13-14-15-16-17-18-27(37)35-26(20-22-29(40)41)31(43)33-23-32-30(42)25(34-24(2)36)19-21-28(38)39;;/h25-26H,19-23H2,1-2H3,(H,32,42)(H,33,43)(H,34,36)(H,35,37)(H,38,39)(H,40,41);;/q;2*+1/p-2. The molecule has 0 aliphatic carbocycles. The van der Waals surface area contributed by atoms with E-state index in [1.54, 1.807) is 6.92 Å². The quantitative estimate of drug-likeness (QED) is 0.0933. The van der Waals surface area contributed by atoms with Crippen LogP contribution < -0.4 is 90.6 Å². The number of aliphatic carboxylic acids is 2. The molecule has 216 valence electrons. The molecule has 2 atom stereocenters. The second-order valence-corrected chi connectivity index (χ2v) is 7.48. The third-order valence-corrected chi connectivity index (χ3v) is 4.23. The number of nitrogens with one attached hydrogen (secondary N) is 4. The number of hydrogen-bond donors (Lipinski definition) is 4. The monoisotopic (exact) mass is 624 g/mol. The average Bonchev–Trinajstić information content (AvgIpc) is 2.94. The SMILES string of the molecule is CC#CC#CC#CC#CC#CC#CC#CC#CC(=O)NC(CCC(=O)[O-])C(=O)NCNC(=O)C(CCC(=O)[O-])NC(C)=O.[Na+].[Na+]. The fraction of sp³-hybridized carbons (Fsp3) is 0.290. The van der Waals surface area contributed by atoms with Crippen molar-refractivity contribution in [1.82, 2.24) is 21.3 Å². The Morgan fingerprint density at radius 2 is 0.933 bits per heavy atom. The summed E-state index contributed by atoms with van der Waals surface area (Å²) < 4.78 is 0. The summed E-state index contributed by atoms with van der Waals surface area (Å²) in [5, 5.41) is 30.5. The van der Waals surface area contributed by atoms with Crippen molar-refractivity contribution in [1.29, 1.82) is 0 Å². The molecule has 0 aliphatic rings. The topological polar surface area (TPSA) is 197 Å². The maximum absolute atomic E-state index is 12.5. The Balaban J connectivity index is -0.00000882. The fourth-order valence-corrected chi connectivity index (χ4v) is 2.49. The third-order valence-electron chi connectivity index (χ3n) is 4.23. The van der Waals surface area contributed by atoms with Crippen molar-refractivity contribution in [2.75, 3.05) is 6.67 Å². The molecule has 0 aromatic carbocycles. The molecule has 0 fully saturated rings. The van der Waals surface area contributed by atoms with Gasteiger partial charge in [-0.15, -0.1) is 0 Å². The van der Waals surface area contributed by atoms with Crippen LogP contribution in [0.5, 0.6) is 0 Å². The molecule has 45 heavy (non-hydrogen) atoms.